The number of alkyl halides is 4. The average molecular weight is 611 g/mol. The van der Waals surface area contributed by atoms with Gasteiger partial charge in [-0.05, 0) is 50.8 Å². The van der Waals surface area contributed by atoms with E-state index in [1.54, 1.807) is 29.2 Å². The van der Waals surface area contributed by atoms with Gasteiger partial charge in [0.2, 0.25) is 5.91 Å². The second-order valence-corrected chi connectivity index (χ2v) is 11.3. The second-order valence-electron chi connectivity index (χ2n) is 11.3. The number of nitrogens with zero attached hydrogens (tertiary/aromatic N) is 1. The maximum absolute atomic E-state index is 14.7. The number of amides is 2. The van der Waals surface area contributed by atoms with Crippen LogP contribution in [0.25, 0.3) is 0 Å². The van der Waals surface area contributed by atoms with E-state index in [0.717, 1.165) is 25.9 Å². The van der Waals surface area contributed by atoms with E-state index < -0.39 is 42.3 Å². The van der Waals surface area contributed by atoms with E-state index >= 15 is 0 Å². The molecule has 1 aliphatic heterocycles. The van der Waals surface area contributed by atoms with Gasteiger partial charge in [-0.1, -0.05) is 37.3 Å². The van der Waals surface area contributed by atoms with Crippen LogP contribution in [0.4, 0.5) is 23.2 Å². The van der Waals surface area contributed by atoms with Crippen molar-refractivity contribution in [1.82, 2.24) is 15.5 Å². The van der Waals surface area contributed by atoms with Crippen molar-refractivity contribution in [3.05, 3.63) is 54.1 Å². The zero-order chi connectivity index (χ0) is 31.6. The minimum atomic E-state index is -4.71. The van der Waals surface area contributed by atoms with E-state index in [-0.39, 0.29) is 24.6 Å². The summed E-state index contributed by atoms with van der Waals surface area (Å²) in [7, 11) is 1.48. The van der Waals surface area contributed by atoms with Gasteiger partial charge < -0.3 is 25.0 Å². The summed E-state index contributed by atoms with van der Waals surface area (Å²) >= 11 is 0. The molecule has 2 amide bonds. The lowest BCUT2D eigenvalue weighted by atomic mass is 9.97. The number of anilines is 1. The van der Waals surface area contributed by atoms with Crippen LogP contribution in [0, 0.1) is 0 Å². The summed E-state index contributed by atoms with van der Waals surface area (Å²) in [5.74, 6) is 0.0926. The van der Waals surface area contributed by atoms with Gasteiger partial charge in [0.25, 0.3) is 5.91 Å². The molecule has 8 nitrogen and oxygen atoms in total. The molecular formula is C31H42F4N4O4. The van der Waals surface area contributed by atoms with Crippen LogP contribution in [-0.2, 0) is 9.59 Å². The maximum atomic E-state index is 14.7. The fraction of sp³-hybridized carbons (Fsp3) is 0.548. The number of hydrogen-bond acceptors (Lipinski definition) is 6. The van der Waals surface area contributed by atoms with Crippen LogP contribution < -0.4 is 25.4 Å². The van der Waals surface area contributed by atoms with E-state index in [9.17, 15) is 27.2 Å². The normalized spacial score (nSPS) is 15.9. The molecule has 0 radical (unpaired) electrons. The number of hydrogen-bond donors (Lipinski definition) is 3. The van der Waals surface area contributed by atoms with Crippen molar-refractivity contribution >= 4 is 17.5 Å². The molecule has 1 fully saturated rings. The van der Waals surface area contributed by atoms with Gasteiger partial charge in [-0.25, -0.2) is 4.39 Å². The summed E-state index contributed by atoms with van der Waals surface area (Å²) in [5, 5.41) is 8.33. The van der Waals surface area contributed by atoms with Gasteiger partial charge in [0.1, 0.15) is 23.2 Å². The topological polar surface area (TPSA) is 91.9 Å². The van der Waals surface area contributed by atoms with Crippen LogP contribution in [0.5, 0.6) is 11.5 Å². The average Bonchev–Trinajstić information content (AvgIpc) is 3.50. The second kappa shape index (κ2) is 15.3. The van der Waals surface area contributed by atoms with Crippen molar-refractivity contribution in [2.75, 3.05) is 38.7 Å². The predicted molar refractivity (Wildman–Crippen MR) is 157 cm³/mol. The number of carbonyl (C=O) groups is 2. The first-order valence-electron chi connectivity index (χ1n) is 14.5. The van der Waals surface area contributed by atoms with Crippen LogP contribution in [-0.4, -0.2) is 74.0 Å². The Hall–Kier alpha value is -3.54. The zero-order valence-electron chi connectivity index (χ0n) is 25.1. The van der Waals surface area contributed by atoms with Crippen LogP contribution in [0.15, 0.2) is 48.5 Å². The van der Waals surface area contributed by atoms with Crippen molar-refractivity contribution in [2.45, 2.75) is 76.4 Å². The highest BCUT2D eigenvalue weighted by Gasteiger charge is 2.43. The number of rotatable bonds is 15. The Labute approximate surface area is 250 Å². The molecule has 12 heteroatoms. The molecule has 0 bridgehead atoms. The first-order chi connectivity index (χ1) is 20.3. The van der Waals surface area contributed by atoms with Gasteiger partial charge in [0, 0.05) is 38.2 Å². The van der Waals surface area contributed by atoms with E-state index in [1.165, 1.54) is 45.2 Å². The fourth-order valence-electron chi connectivity index (χ4n) is 4.88. The maximum Gasteiger partial charge on any atom is 0.407 e. The Kier molecular flexibility index (Phi) is 12.1. The molecule has 3 rings (SSSR count). The number of halogens is 4. The number of ether oxygens (including phenoxy) is 2. The highest BCUT2D eigenvalue weighted by atomic mass is 19.4. The number of benzene rings is 2. The molecule has 43 heavy (non-hydrogen) atoms. The summed E-state index contributed by atoms with van der Waals surface area (Å²) in [6, 6.07) is 8.13. The number of methoxy groups -OCH3 is 1. The quantitative estimate of drug-likeness (QED) is 0.234. The van der Waals surface area contributed by atoms with Crippen molar-refractivity contribution in [1.29, 1.82) is 0 Å². The van der Waals surface area contributed by atoms with Crippen LogP contribution >= 0.6 is 0 Å². The standard InChI is InChI=1S/C31H42F4N4O4/c1-5-22(19-36-24-14-13-23(17-26(24)42-4)43-20-27(40)39-15-9-10-16-39)37-29(41)25(18-30(2,3)32)38-28(31(33,34)35)21-11-7-6-8-12-21/h6-8,11-14,17,22,25,28,36,38H,5,9-10,15-16,18-20H2,1-4H3,(H,37,41)/t22-,25-,28-/m0/s1. The summed E-state index contributed by atoms with van der Waals surface area (Å²) in [6.07, 6.45) is -2.73. The van der Waals surface area contributed by atoms with Crippen molar-refractivity contribution in [3.8, 4) is 11.5 Å². The molecule has 0 spiro atoms. The summed E-state index contributed by atoms with van der Waals surface area (Å²) < 4.78 is 67.9. The highest BCUT2D eigenvalue weighted by molar-refractivity contribution is 5.82. The molecule has 0 saturated carbocycles. The SMILES string of the molecule is CC[C@@H](CNc1ccc(OCC(=O)N2CCCC2)cc1OC)NC(=O)[C@H](CC(C)(C)F)N[C@@H](c1ccccc1)C(F)(F)F. The molecule has 1 aliphatic rings. The highest BCUT2D eigenvalue weighted by Crippen LogP contribution is 2.34. The molecule has 0 aliphatic carbocycles. The Morgan fingerprint density at radius 3 is 2.28 bits per heavy atom. The van der Waals surface area contributed by atoms with E-state index in [4.69, 9.17) is 9.47 Å². The lowest BCUT2D eigenvalue weighted by Crippen LogP contribution is -2.53. The van der Waals surface area contributed by atoms with Crippen molar-refractivity contribution < 1.29 is 36.6 Å². The third-order valence-electron chi connectivity index (χ3n) is 7.21. The van der Waals surface area contributed by atoms with Crippen LogP contribution in [0.2, 0.25) is 0 Å². The number of likely N-dealkylation sites (tertiary alicyclic amines) is 1. The van der Waals surface area contributed by atoms with Crippen LogP contribution in [0.3, 0.4) is 0 Å². The molecule has 1 saturated heterocycles. The first kappa shape index (κ1) is 34.0. The smallest absolute Gasteiger partial charge is 0.407 e. The number of carbonyl (C=O) groups excluding carboxylic acids is 2. The summed E-state index contributed by atoms with van der Waals surface area (Å²) in [5.41, 5.74) is -1.38. The lowest BCUT2D eigenvalue weighted by molar-refractivity contribution is -0.161. The zero-order valence-corrected chi connectivity index (χ0v) is 25.1. The van der Waals surface area contributed by atoms with Gasteiger partial charge >= 0.3 is 6.18 Å². The molecule has 0 unspecified atom stereocenters. The largest absolute Gasteiger partial charge is 0.494 e. The predicted octanol–water partition coefficient (Wildman–Crippen LogP) is 5.40. The van der Waals surface area contributed by atoms with E-state index in [0.29, 0.717) is 23.6 Å². The Morgan fingerprint density at radius 1 is 1.02 bits per heavy atom. The van der Waals surface area contributed by atoms with Crippen molar-refractivity contribution in [2.24, 2.45) is 0 Å². The Bertz CT molecular complexity index is 1180. The summed E-state index contributed by atoms with van der Waals surface area (Å²) in [6.45, 7) is 5.89. The van der Waals surface area contributed by atoms with Crippen LogP contribution in [0.1, 0.15) is 58.1 Å². The molecule has 3 atom stereocenters. The summed E-state index contributed by atoms with van der Waals surface area (Å²) in [4.78, 5) is 27.3. The van der Waals surface area contributed by atoms with Gasteiger partial charge in [0.15, 0.2) is 6.61 Å². The third kappa shape index (κ3) is 10.6. The first-order valence-corrected chi connectivity index (χ1v) is 14.5. The molecule has 2 aromatic carbocycles. The lowest BCUT2D eigenvalue weighted by Gasteiger charge is -2.31. The van der Waals surface area contributed by atoms with E-state index in [1.807, 2.05) is 6.92 Å². The van der Waals surface area contributed by atoms with Gasteiger partial charge in [0.05, 0.1) is 18.8 Å². The molecule has 3 N–H and O–H groups in total. The third-order valence-corrected chi connectivity index (χ3v) is 7.21. The molecule has 238 valence electrons. The Morgan fingerprint density at radius 2 is 1.70 bits per heavy atom. The molecule has 2 aromatic rings. The van der Waals surface area contributed by atoms with Gasteiger partial charge in [-0.3, -0.25) is 14.9 Å². The van der Waals surface area contributed by atoms with Crippen molar-refractivity contribution in [3.63, 3.8) is 0 Å². The van der Waals surface area contributed by atoms with Gasteiger partial charge in [-0.15, -0.1) is 0 Å². The molecule has 1 heterocycles. The minimum Gasteiger partial charge on any atom is -0.494 e. The molecule has 0 aromatic heterocycles. The monoisotopic (exact) mass is 610 g/mol. The Balaban J connectivity index is 1.65. The molecular weight excluding hydrogens is 568 g/mol. The van der Waals surface area contributed by atoms with E-state index in [2.05, 4.69) is 16.0 Å². The minimum absolute atomic E-state index is 0.0712. The number of nitrogens with one attached hydrogen (secondary N) is 3. The van der Waals surface area contributed by atoms with Gasteiger partial charge in [-0.2, -0.15) is 13.2 Å². The fourth-order valence-corrected chi connectivity index (χ4v) is 4.88.